The third-order valence-corrected chi connectivity index (χ3v) is 8.50. The molecular formula is C33H33N5+2. The maximum absolute atomic E-state index is 5.36. The van der Waals surface area contributed by atoms with Gasteiger partial charge in [-0.25, -0.2) is 9.08 Å². The number of benzene rings is 2. The van der Waals surface area contributed by atoms with Crippen LogP contribution < -0.4 is 8.97 Å². The predicted octanol–water partition coefficient (Wildman–Crippen LogP) is 6.42. The molecule has 0 atom stereocenters. The van der Waals surface area contributed by atoms with Gasteiger partial charge in [0, 0.05) is 23.1 Å². The van der Waals surface area contributed by atoms with E-state index in [2.05, 4.69) is 133 Å². The molecule has 188 valence electrons. The molecular weight excluding hydrogens is 466 g/mol. The Balaban J connectivity index is 1.80. The molecule has 1 aliphatic rings. The van der Waals surface area contributed by atoms with E-state index in [4.69, 9.17) is 10.1 Å². The summed E-state index contributed by atoms with van der Waals surface area (Å²) in [5.74, 6) is 0. The van der Waals surface area contributed by atoms with Gasteiger partial charge in [-0.05, 0) is 54.2 Å². The van der Waals surface area contributed by atoms with Crippen molar-refractivity contribution in [3.05, 3.63) is 96.7 Å². The average molecular weight is 500 g/mol. The first-order valence-corrected chi connectivity index (χ1v) is 13.7. The van der Waals surface area contributed by atoms with Gasteiger partial charge in [-0.15, -0.1) is 0 Å². The van der Waals surface area contributed by atoms with E-state index >= 15 is 0 Å². The molecule has 0 amide bonds. The van der Waals surface area contributed by atoms with Crippen LogP contribution in [0.3, 0.4) is 0 Å². The minimum Gasteiger partial charge on any atom is -0.219 e. The van der Waals surface area contributed by atoms with Crippen LogP contribution in [0, 0.1) is 0 Å². The molecule has 0 bridgehead atoms. The minimum atomic E-state index is -0.364. The number of hydrogen-bond acceptors (Lipinski definition) is 2. The molecule has 0 unspecified atom stereocenters. The summed E-state index contributed by atoms with van der Waals surface area (Å²) in [4.78, 5) is 4.99. The Hall–Kier alpha value is -4.12. The van der Waals surface area contributed by atoms with E-state index in [-0.39, 0.29) is 11.0 Å². The summed E-state index contributed by atoms with van der Waals surface area (Å²) >= 11 is 0. The van der Waals surface area contributed by atoms with Crippen molar-refractivity contribution in [2.24, 2.45) is 0 Å². The van der Waals surface area contributed by atoms with Gasteiger partial charge in [0.25, 0.3) is 6.33 Å². The smallest absolute Gasteiger partial charge is 0.219 e. The van der Waals surface area contributed by atoms with Gasteiger partial charge < -0.3 is 0 Å². The van der Waals surface area contributed by atoms with Crippen molar-refractivity contribution in [1.29, 1.82) is 0 Å². The van der Waals surface area contributed by atoms with Gasteiger partial charge in [-0.1, -0.05) is 58.9 Å². The van der Waals surface area contributed by atoms with Crippen LogP contribution in [0.25, 0.3) is 44.5 Å². The predicted molar refractivity (Wildman–Crippen MR) is 151 cm³/mol. The molecule has 2 aromatic carbocycles. The highest BCUT2D eigenvalue weighted by molar-refractivity contribution is 5.95. The fourth-order valence-electron chi connectivity index (χ4n) is 6.47. The number of nitrogens with zero attached hydrogens (tertiary/aromatic N) is 5. The third kappa shape index (κ3) is 2.93. The highest BCUT2D eigenvalue weighted by Crippen LogP contribution is 2.44. The maximum Gasteiger partial charge on any atom is 0.288 e. The first-order chi connectivity index (χ1) is 18.4. The fourth-order valence-corrected chi connectivity index (χ4v) is 6.47. The van der Waals surface area contributed by atoms with E-state index in [9.17, 15) is 0 Å². The minimum absolute atomic E-state index is 0.0722. The molecule has 0 spiro atoms. The lowest BCUT2D eigenvalue weighted by Gasteiger charge is -2.30. The van der Waals surface area contributed by atoms with Crippen molar-refractivity contribution in [3.63, 3.8) is 0 Å². The van der Waals surface area contributed by atoms with E-state index in [1.54, 1.807) is 0 Å². The summed E-state index contributed by atoms with van der Waals surface area (Å²) < 4.78 is 7.10. The largest absolute Gasteiger partial charge is 0.288 e. The number of para-hydroxylation sites is 1. The van der Waals surface area contributed by atoms with Crippen molar-refractivity contribution in [3.8, 4) is 22.5 Å². The van der Waals surface area contributed by atoms with Crippen molar-refractivity contribution in [1.82, 2.24) is 14.6 Å². The van der Waals surface area contributed by atoms with Crippen LogP contribution in [0.2, 0.25) is 0 Å². The van der Waals surface area contributed by atoms with Gasteiger partial charge in [0.15, 0.2) is 22.9 Å². The van der Waals surface area contributed by atoms with Crippen LogP contribution in [0.4, 0.5) is 0 Å². The van der Waals surface area contributed by atoms with Crippen LogP contribution in [0.1, 0.15) is 58.8 Å². The molecule has 0 fully saturated rings. The number of pyridine rings is 1. The maximum atomic E-state index is 5.36. The highest BCUT2D eigenvalue weighted by Gasteiger charge is 2.49. The van der Waals surface area contributed by atoms with Crippen LogP contribution >= 0.6 is 0 Å². The molecule has 0 saturated carbocycles. The van der Waals surface area contributed by atoms with E-state index in [1.807, 2.05) is 0 Å². The zero-order valence-corrected chi connectivity index (χ0v) is 22.7. The molecule has 0 saturated heterocycles. The molecule has 7 rings (SSSR count). The summed E-state index contributed by atoms with van der Waals surface area (Å²) in [6, 6.07) is 26.1. The van der Waals surface area contributed by atoms with Gasteiger partial charge in [-0.2, -0.15) is 9.50 Å². The van der Waals surface area contributed by atoms with Crippen LogP contribution in [-0.2, 0) is 11.0 Å². The number of rotatable bonds is 2. The molecule has 0 radical (unpaired) electrons. The lowest BCUT2D eigenvalue weighted by Crippen LogP contribution is -2.59. The monoisotopic (exact) mass is 499 g/mol. The van der Waals surface area contributed by atoms with E-state index in [1.165, 1.54) is 33.6 Å². The molecule has 5 heterocycles. The van der Waals surface area contributed by atoms with Crippen molar-refractivity contribution in [2.75, 3.05) is 0 Å². The second-order valence-electron chi connectivity index (χ2n) is 11.5. The van der Waals surface area contributed by atoms with Gasteiger partial charge in [0.1, 0.15) is 11.2 Å². The molecule has 6 aromatic rings. The van der Waals surface area contributed by atoms with Crippen molar-refractivity contribution >= 4 is 21.9 Å². The van der Waals surface area contributed by atoms with Crippen LogP contribution in [-0.4, -0.2) is 14.6 Å². The molecule has 38 heavy (non-hydrogen) atoms. The Morgan fingerprint density at radius 3 is 2.26 bits per heavy atom. The zero-order chi connectivity index (χ0) is 26.2. The summed E-state index contributed by atoms with van der Waals surface area (Å²) in [5, 5.41) is 6.53. The summed E-state index contributed by atoms with van der Waals surface area (Å²) in [6.07, 6.45) is 6.08. The van der Waals surface area contributed by atoms with Gasteiger partial charge in [0.2, 0.25) is 11.2 Å². The van der Waals surface area contributed by atoms with E-state index in [0.29, 0.717) is 0 Å². The van der Waals surface area contributed by atoms with Crippen LogP contribution in [0.5, 0.6) is 0 Å². The standard InChI is InChI=1S/C33H33N5/c1-6-33(7-2)31-30(36-19-13-12-18-26(36)27-20-28(32(3,4)5)35-38(27)31)23-15-9-8-14-22(23)29-24-16-10-11-17-25(24)34-21-37(29)33/h8-21H,6-7H2,1-5H3/q+2. The third-order valence-electron chi connectivity index (χ3n) is 8.50. The van der Waals surface area contributed by atoms with Gasteiger partial charge >= 0.3 is 0 Å². The summed E-state index contributed by atoms with van der Waals surface area (Å²) in [5.41, 5.74) is 10.0. The first-order valence-electron chi connectivity index (χ1n) is 13.7. The SMILES string of the molecule is CCC1(CC)c2c([n+]3ccccc3c3cc(C(C)(C)C)nn23)-c2ccccc2-c2c3ccccc3nc[n+]21. The summed E-state index contributed by atoms with van der Waals surface area (Å²) in [6.45, 7) is 11.3. The highest BCUT2D eigenvalue weighted by atomic mass is 15.3. The average Bonchev–Trinajstić information content (AvgIpc) is 3.36. The Labute approximate surface area is 223 Å². The van der Waals surface area contributed by atoms with Crippen molar-refractivity contribution in [2.45, 2.75) is 58.4 Å². The molecule has 5 heteroatoms. The van der Waals surface area contributed by atoms with Gasteiger partial charge in [0.05, 0.1) is 16.6 Å². The molecule has 1 aliphatic heterocycles. The van der Waals surface area contributed by atoms with Crippen molar-refractivity contribution < 1.29 is 8.97 Å². The van der Waals surface area contributed by atoms with E-state index in [0.717, 1.165) is 35.1 Å². The fraction of sp³-hybridized carbons (Fsp3) is 0.273. The Bertz CT molecular complexity index is 1890. The molecule has 5 nitrogen and oxygen atoms in total. The second-order valence-corrected chi connectivity index (χ2v) is 11.5. The van der Waals surface area contributed by atoms with Gasteiger partial charge in [-0.3, -0.25) is 0 Å². The Kier molecular flexibility index (Phi) is 4.81. The first kappa shape index (κ1) is 23.0. The second kappa shape index (κ2) is 7.94. The lowest BCUT2D eigenvalue weighted by atomic mass is 9.85. The normalized spacial score (nSPS) is 14.3. The number of aromatic nitrogens is 5. The zero-order valence-electron chi connectivity index (χ0n) is 22.7. The Morgan fingerprint density at radius 1 is 0.842 bits per heavy atom. The lowest BCUT2D eigenvalue weighted by molar-refractivity contribution is -0.748. The summed E-state index contributed by atoms with van der Waals surface area (Å²) in [7, 11) is 0. The molecule has 4 aromatic heterocycles. The van der Waals surface area contributed by atoms with E-state index < -0.39 is 0 Å². The molecule has 0 N–H and O–H groups in total. The molecule has 0 aliphatic carbocycles. The topological polar surface area (TPSA) is 38.2 Å². The number of fused-ring (bicyclic) bond motifs is 12. The quantitative estimate of drug-likeness (QED) is 0.258. The Morgan fingerprint density at radius 2 is 1.53 bits per heavy atom. The number of hydrogen-bond donors (Lipinski definition) is 0. The van der Waals surface area contributed by atoms with Crippen LogP contribution in [0.15, 0.2) is 85.3 Å².